The first-order chi connectivity index (χ1) is 9.98. The Bertz CT molecular complexity index is 993. The van der Waals surface area contributed by atoms with Gasteiger partial charge in [-0.1, -0.05) is 6.07 Å². The molecule has 0 bridgehead atoms. The van der Waals surface area contributed by atoms with Gasteiger partial charge in [-0.25, -0.2) is 12.8 Å². The Balaban J connectivity index is 2.22. The van der Waals surface area contributed by atoms with E-state index in [1.54, 1.807) is 6.07 Å². The molecule has 0 fully saturated rings. The van der Waals surface area contributed by atoms with Crippen molar-refractivity contribution in [1.82, 2.24) is 4.98 Å². The lowest BCUT2D eigenvalue weighted by atomic mass is 10.2. The van der Waals surface area contributed by atoms with Crippen LogP contribution < -0.4 is 5.56 Å². The second-order valence-electron chi connectivity index (χ2n) is 4.52. The molecule has 0 spiro atoms. The molecule has 0 radical (unpaired) electrons. The Hall–Kier alpha value is -2.47. The number of pyridine rings is 1. The van der Waals surface area contributed by atoms with Crippen LogP contribution in [0.3, 0.4) is 0 Å². The highest BCUT2D eigenvalue weighted by atomic mass is 32.2. The van der Waals surface area contributed by atoms with Crippen molar-refractivity contribution >= 4 is 20.6 Å². The van der Waals surface area contributed by atoms with Crippen LogP contribution >= 0.6 is 0 Å². The van der Waals surface area contributed by atoms with Crippen molar-refractivity contribution in [2.24, 2.45) is 0 Å². The molecule has 0 amide bonds. The Morgan fingerprint density at radius 2 is 1.71 bits per heavy atom. The molecule has 106 valence electrons. The molecule has 0 saturated heterocycles. The van der Waals surface area contributed by atoms with Gasteiger partial charge in [-0.05, 0) is 47.9 Å². The highest BCUT2D eigenvalue weighted by Gasteiger charge is 2.18. The zero-order valence-corrected chi connectivity index (χ0v) is 11.5. The second-order valence-corrected chi connectivity index (χ2v) is 6.47. The van der Waals surface area contributed by atoms with E-state index in [1.165, 1.54) is 42.6 Å². The van der Waals surface area contributed by atoms with E-state index in [9.17, 15) is 17.6 Å². The molecule has 1 heterocycles. The van der Waals surface area contributed by atoms with Gasteiger partial charge in [-0.2, -0.15) is 0 Å². The van der Waals surface area contributed by atoms with Crippen molar-refractivity contribution in [3.63, 3.8) is 0 Å². The van der Waals surface area contributed by atoms with Gasteiger partial charge < -0.3 is 4.98 Å². The van der Waals surface area contributed by atoms with Crippen LogP contribution in [0.1, 0.15) is 0 Å². The molecule has 0 aliphatic heterocycles. The maximum atomic E-state index is 13.2. The van der Waals surface area contributed by atoms with Gasteiger partial charge in [0.2, 0.25) is 9.84 Å². The van der Waals surface area contributed by atoms with E-state index in [-0.39, 0.29) is 15.4 Å². The molecule has 3 aromatic rings. The van der Waals surface area contributed by atoms with Gasteiger partial charge in [0.25, 0.3) is 5.56 Å². The van der Waals surface area contributed by atoms with E-state index < -0.39 is 15.7 Å². The van der Waals surface area contributed by atoms with Crippen LogP contribution in [0, 0.1) is 5.82 Å². The van der Waals surface area contributed by atoms with Crippen molar-refractivity contribution in [2.45, 2.75) is 9.79 Å². The number of fused-ring (bicyclic) bond motifs is 1. The standard InChI is InChI=1S/C15H10FNO3S/c16-11-2-1-3-12(9-11)21(19,20)13-4-5-14-10(8-13)6-7-17-15(14)18/h1-9H,(H,17,18). The number of hydrogen-bond donors (Lipinski definition) is 1. The lowest BCUT2D eigenvalue weighted by Gasteiger charge is -2.06. The average Bonchev–Trinajstić information content (AvgIpc) is 2.47. The third kappa shape index (κ3) is 2.34. The quantitative estimate of drug-likeness (QED) is 0.791. The number of nitrogens with one attached hydrogen (secondary N) is 1. The fourth-order valence-electron chi connectivity index (χ4n) is 2.11. The maximum absolute atomic E-state index is 13.2. The van der Waals surface area contributed by atoms with Crippen LogP contribution in [0.4, 0.5) is 4.39 Å². The Morgan fingerprint density at radius 1 is 0.952 bits per heavy atom. The SMILES string of the molecule is O=c1[nH]ccc2cc(S(=O)(=O)c3cccc(F)c3)ccc12. The van der Waals surface area contributed by atoms with Gasteiger partial charge in [-0.15, -0.1) is 0 Å². The van der Waals surface area contributed by atoms with Crippen LogP contribution in [-0.2, 0) is 9.84 Å². The van der Waals surface area contributed by atoms with E-state index in [2.05, 4.69) is 4.98 Å². The first-order valence-corrected chi connectivity index (χ1v) is 7.59. The predicted molar refractivity (Wildman–Crippen MR) is 76.4 cm³/mol. The minimum Gasteiger partial charge on any atom is -0.329 e. The van der Waals surface area contributed by atoms with E-state index in [0.29, 0.717) is 10.8 Å². The van der Waals surface area contributed by atoms with E-state index in [0.717, 1.165) is 6.07 Å². The molecule has 1 N–H and O–H groups in total. The lowest BCUT2D eigenvalue weighted by Crippen LogP contribution is -2.06. The zero-order chi connectivity index (χ0) is 15.0. The summed E-state index contributed by atoms with van der Waals surface area (Å²) in [5, 5.41) is 0.909. The fraction of sp³-hybridized carbons (Fsp3) is 0. The van der Waals surface area contributed by atoms with Crippen molar-refractivity contribution < 1.29 is 12.8 Å². The summed E-state index contributed by atoms with van der Waals surface area (Å²) in [7, 11) is -3.82. The number of aromatic amines is 1. The molecule has 0 aliphatic rings. The molecule has 3 rings (SSSR count). The summed E-state index contributed by atoms with van der Waals surface area (Å²) < 4.78 is 38.1. The third-order valence-corrected chi connectivity index (χ3v) is 4.91. The number of hydrogen-bond acceptors (Lipinski definition) is 3. The zero-order valence-electron chi connectivity index (χ0n) is 10.7. The van der Waals surface area contributed by atoms with Crippen molar-refractivity contribution in [1.29, 1.82) is 0 Å². The maximum Gasteiger partial charge on any atom is 0.255 e. The summed E-state index contributed by atoms with van der Waals surface area (Å²) in [4.78, 5) is 14.0. The Labute approximate surface area is 119 Å². The van der Waals surface area contributed by atoms with Gasteiger partial charge in [0.15, 0.2) is 0 Å². The largest absolute Gasteiger partial charge is 0.329 e. The molecule has 0 aliphatic carbocycles. The highest BCUT2D eigenvalue weighted by Crippen LogP contribution is 2.23. The number of sulfone groups is 1. The molecule has 0 atom stereocenters. The fourth-order valence-corrected chi connectivity index (χ4v) is 3.43. The van der Waals surface area contributed by atoms with E-state index in [1.807, 2.05) is 0 Å². The molecular weight excluding hydrogens is 293 g/mol. The lowest BCUT2D eigenvalue weighted by molar-refractivity contribution is 0.591. The van der Waals surface area contributed by atoms with Gasteiger partial charge in [0.05, 0.1) is 9.79 Å². The first kappa shape index (κ1) is 13.5. The Morgan fingerprint density at radius 3 is 2.48 bits per heavy atom. The van der Waals surface area contributed by atoms with Gasteiger partial charge in [0.1, 0.15) is 5.82 Å². The summed E-state index contributed by atoms with van der Waals surface area (Å²) in [6.45, 7) is 0. The number of H-pyrrole nitrogens is 1. The third-order valence-electron chi connectivity index (χ3n) is 3.16. The smallest absolute Gasteiger partial charge is 0.255 e. The van der Waals surface area contributed by atoms with Crippen LogP contribution in [0.5, 0.6) is 0 Å². The molecule has 2 aromatic carbocycles. The summed E-state index contributed by atoms with van der Waals surface area (Å²) >= 11 is 0. The molecule has 6 heteroatoms. The predicted octanol–water partition coefficient (Wildman–Crippen LogP) is 2.50. The molecule has 4 nitrogen and oxygen atoms in total. The number of halogens is 1. The monoisotopic (exact) mass is 303 g/mol. The van der Waals surface area contributed by atoms with Gasteiger partial charge >= 0.3 is 0 Å². The number of benzene rings is 2. The van der Waals surface area contributed by atoms with Gasteiger partial charge in [0, 0.05) is 11.6 Å². The normalized spacial score (nSPS) is 11.7. The molecule has 0 unspecified atom stereocenters. The number of rotatable bonds is 2. The van der Waals surface area contributed by atoms with Crippen LogP contribution in [-0.4, -0.2) is 13.4 Å². The van der Waals surface area contributed by atoms with Crippen molar-refractivity contribution in [3.05, 3.63) is 70.9 Å². The summed E-state index contributed by atoms with van der Waals surface area (Å²) in [5.74, 6) is -0.617. The molecule has 1 aromatic heterocycles. The minimum absolute atomic E-state index is 0.0196. The molecule has 21 heavy (non-hydrogen) atoms. The summed E-state index contributed by atoms with van der Waals surface area (Å²) in [6, 6.07) is 10.6. The van der Waals surface area contributed by atoms with Crippen molar-refractivity contribution in [2.75, 3.05) is 0 Å². The van der Waals surface area contributed by atoms with Crippen LogP contribution in [0.15, 0.2) is 69.3 Å². The molecule has 0 saturated carbocycles. The summed E-state index contributed by atoms with van der Waals surface area (Å²) in [6.07, 6.45) is 1.45. The minimum atomic E-state index is -3.82. The average molecular weight is 303 g/mol. The van der Waals surface area contributed by atoms with Crippen LogP contribution in [0.25, 0.3) is 10.8 Å². The second kappa shape index (κ2) is 4.82. The van der Waals surface area contributed by atoms with Crippen molar-refractivity contribution in [3.8, 4) is 0 Å². The van der Waals surface area contributed by atoms with E-state index >= 15 is 0 Å². The summed E-state index contributed by atoms with van der Waals surface area (Å²) in [5.41, 5.74) is -0.290. The van der Waals surface area contributed by atoms with E-state index in [4.69, 9.17) is 0 Å². The van der Waals surface area contributed by atoms with Crippen LogP contribution in [0.2, 0.25) is 0 Å². The number of aromatic nitrogens is 1. The molecular formula is C15H10FNO3S. The Kier molecular flexibility index (Phi) is 3.10. The van der Waals surface area contributed by atoms with Gasteiger partial charge in [-0.3, -0.25) is 4.79 Å². The topological polar surface area (TPSA) is 67.0 Å². The highest BCUT2D eigenvalue weighted by molar-refractivity contribution is 7.91. The first-order valence-electron chi connectivity index (χ1n) is 6.10.